The number of ether oxygens (including phenoxy) is 2. The summed E-state index contributed by atoms with van der Waals surface area (Å²) in [6.07, 6.45) is 1.77. The molecular weight excluding hydrogens is 555 g/mol. The van der Waals surface area contributed by atoms with Crippen LogP contribution in [-0.2, 0) is 11.3 Å². The molecular formula is C30H24Cl2N2O4S. The van der Waals surface area contributed by atoms with Crippen molar-refractivity contribution in [1.29, 1.82) is 0 Å². The topological polar surface area (TPSA) is 60.8 Å². The number of hydrogen-bond donors (Lipinski definition) is 0. The number of nitrogens with zero attached hydrogens (tertiary/aromatic N) is 2. The molecule has 1 aromatic heterocycles. The Balaban J connectivity index is 1.34. The molecule has 0 spiro atoms. The van der Waals surface area contributed by atoms with E-state index in [-0.39, 0.29) is 17.7 Å². The van der Waals surface area contributed by atoms with E-state index in [0.717, 1.165) is 40.2 Å². The van der Waals surface area contributed by atoms with Gasteiger partial charge in [-0.3, -0.25) is 14.5 Å². The Morgan fingerprint density at radius 2 is 1.51 bits per heavy atom. The van der Waals surface area contributed by atoms with Crippen molar-refractivity contribution in [2.75, 3.05) is 7.11 Å². The van der Waals surface area contributed by atoms with Crippen LogP contribution in [0.5, 0.6) is 17.2 Å². The predicted molar refractivity (Wildman–Crippen MR) is 156 cm³/mol. The minimum absolute atomic E-state index is 0.0853. The number of carbonyl (C=O) groups excluding carboxylic acids is 2. The molecule has 6 nitrogen and oxygen atoms in total. The van der Waals surface area contributed by atoms with Crippen molar-refractivity contribution in [3.63, 3.8) is 0 Å². The SMILES string of the molecule is COc1ccc(Oc2ccc(-n3c(C)cc(/C=C4\SC(=O)N(Cc5ccc(Cl)cc5Cl)C4=O)c3C)cc2)cc1. The van der Waals surface area contributed by atoms with Gasteiger partial charge in [-0.05, 0) is 110 Å². The summed E-state index contributed by atoms with van der Waals surface area (Å²) in [7, 11) is 1.62. The van der Waals surface area contributed by atoms with Crippen LogP contribution >= 0.6 is 35.0 Å². The van der Waals surface area contributed by atoms with Gasteiger partial charge in [0.1, 0.15) is 17.2 Å². The molecule has 0 saturated carbocycles. The molecule has 0 N–H and O–H groups in total. The van der Waals surface area contributed by atoms with E-state index < -0.39 is 0 Å². The first-order valence-electron chi connectivity index (χ1n) is 12.0. The number of benzene rings is 3. The van der Waals surface area contributed by atoms with Crippen molar-refractivity contribution in [2.45, 2.75) is 20.4 Å². The smallest absolute Gasteiger partial charge is 0.293 e. The summed E-state index contributed by atoms with van der Waals surface area (Å²) < 4.78 is 13.2. The Kier molecular flexibility index (Phi) is 7.75. The lowest BCUT2D eigenvalue weighted by Gasteiger charge is -2.13. The van der Waals surface area contributed by atoms with Crippen LogP contribution < -0.4 is 9.47 Å². The molecule has 198 valence electrons. The Hall–Kier alpha value is -3.65. The van der Waals surface area contributed by atoms with Crippen molar-refractivity contribution in [3.05, 3.63) is 110 Å². The molecule has 0 aliphatic carbocycles. The monoisotopic (exact) mass is 578 g/mol. The Morgan fingerprint density at radius 1 is 0.872 bits per heavy atom. The fourth-order valence-electron chi connectivity index (χ4n) is 4.37. The Morgan fingerprint density at radius 3 is 2.15 bits per heavy atom. The predicted octanol–water partition coefficient (Wildman–Crippen LogP) is 8.44. The van der Waals surface area contributed by atoms with Crippen molar-refractivity contribution < 1.29 is 19.1 Å². The zero-order valence-corrected chi connectivity index (χ0v) is 23.7. The van der Waals surface area contributed by atoms with Crippen LogP contribution in [0.1, 0.15) is 22.5 Å². The number of carbonyl (C=O) groups is 2. The first-order chi connectivity index (χ1) is 18.7. The number of aromatic nitrogens is 1. The molecule has 1 aliphatic heterocycles. The molecule has 9 heteroatoms. The summed E-state index contributed by atoms with van der Waals surface area (Å²) in [5.41, 5.74) is 4.42. The number of amides is 2. The lowest BCUT2D eigenvalue weighted by molar-refractivity contribution is -0.123. The van der Waals surface area contributed by atoms with Gasteiger partial charge in [0.2, 0.25) is 0 Å². The molecule has 0 bridgehead atoms. The number of aryl methyl sites for hydroxylation is 1. The molecule has 1 aliphatic rings. The number of hydrogen-bond acceptors (Lipinski definition) is 5. The van der Waals surface area contributed by atoms with E-state index in [0.29, 0.717) is 32.0 Å². The summed E-state index contributed by atoms with van der Waals surface area (Å²) in [5.74, 6) is 1.84. The van der Waals surface area contributed by atoms with Crippen LogP contribution in [0.15, 0.2) is 77.7 Å². The average Bonchev–Trinajstić information content (AvgIpc) is 3.35. The third-order valence-corrected chi connectivity index (χ3v) is 7.86. The molecule has 5 rings (SSSR count). The quantitative estimate of drug-likeness (QED) is 0.206. The number of halogens is 2. The summed E-state index contributed by atoms with van der Waals surface area (Å²) in [6.45, 7) is 4.07. The fourth-order valence-corrected chi connectivity index (χ4v) is 5.67. The average molecular weight is 580 g/mol. The highest BCUT2D eigenvalue weighted by Gasteiger charge is 2.35. The standard InChI is InChI=1S/C30H24Cl2N2O4S/c1-18-14-21(15-28-29(35)33(30(36)39-28)17-20-4-5-22(31)16-27(20)32)19(2)34(18)23-6-8-25(9-7-23)38-26-12-10-24(37-3)11-13-26/h4-16H,17H2,1-3H3/b28-15-. The van der Waals surface area contributed by atoms with Crippen LogP contribution in [0.25, 0.3) is 11.8 Å². The van der Waals surface area contributed by atoms with E-state index in [2.05, 4.69) is 4.57 Å². The summed E-state index contributed by atoms with van der Waals surface area (Å²) >= 11 is 13.2. The fraction of sp³-hybridized carbons (Fsp3) is 0.133. The molecule has 39 heavy (non-hydrogen) atoms. The van der Waals surface area contributed by atoms with E-state index in [1.165, 1.54) is 4.90 Å². The van der Waals surface area contributed by atoms with Gasteiger partial charge in [-0.1, -0.05) is 29.3 Å². The number of thioether (sulfide) groups is 1. The van der Waals surface area contributed by atoms with Crippen LogP contribution in [-0.4, -0.2) is 27.7 Å². The van der Waals surface area contributed by atoms with E-state index in [9.17, 15) is 9.59 Å². The molecule has 2 heterocycles. The summed E-state index contributed by atoms with van der Waals surface area (Å²) in [4.78, 5) is 27.4. The van der Waals surface area contributed by atoms with Gasteiger partial charge in [0, 0.05) is 27.1 Å². The van der Waals surface area contributed by atoms with Gasteiger partial charge < -0.3 is 14.0 Å². The maximum absolute atomic E-state index is 13.1. The Bertz CT molecular complexity index is 1590. The summed E-state index contributed by atoms with van der Waals surface area (Å²) in [6, 6.07) is 22.2. The number of imide groups is 1. The molecule has 3 aromatic carbocycles. The molecule has 1 saturated heterocycles. The molecule has 0 radical (unpaired) electrons. The van der Waals surface area contributed by atoms with Gasteiger partial charge in [0.05, 0.1) is 18.6 Å². The third-order valence-electron chi connectivity index (χ3n) is 6.36. The highest BCUT2D eigenvalue weighted by molar-refractivity contribution is 8.18. The van der Waals surface area contributed by atoms with Crippen molar-refractivity contribution in [3.8, 4) is 22.9 Å². The zero-order valence-electron chi connectivity index (χ0n) is 21.4. The second-order valence-corrected chi connectivity index (χ2v) is 10.8. The third kappa shape index (κ3) is 5.71. The van der Waals surface area contributed by atoms with E-state index in [1.54, 1.807) is 31.4 Å². The zero-order chi connectivity index (χ0) is 27.7. The Labute approximate surface area is 240 Å². The van der Waals surface area contributed by atoms with Crippen LogP contribution in [0.4, 0.5) is 4.79 Å². The minimum Gasteiger partial charge on any atom is -0.497 e. The maximum atomic E-state index is 13.1. The molecule has 2 amide bonds. The van der Waals surface area contributed by atoms with Gasteiger partial charge in [-0.25, -0.2) is 0 Å². The van der Waals surface area contributed by atoms with E-state index >= 15 is 0 Å². The highest BCUT2D eigenvalue weighted by Crippen LogP contribution is 2.36. The van der Waals surface area contributed by atoms with Gasteiger partial charge in [-0.15, -0.1) is 0 Å². The molecule has 4 aromatic rings. The van der Waals surface area contributed by atoms with Crippen LogP contribution in [0, 0.1) is 13.8 Å². The van der Waals surface area contributed by atoms with Crippen molar-refractivity contribution >= 4 is 52.2 Å². The number of rotatable bonds is 7. The molecule has 0 atom stereocenters. The second-order valence-electron chi connectivity index (χ2n) is 8.94. The minimum atomic E-state index is -0.346. The molecule has 1 fully saturated rings. The van der Waals surface area contributed by atoms with Gasteiger partial charge in [-0.2, -0.15) is 0 Å². The first-order valence-corrected chi connectivity index (χ1v) is 13.6. The maximum Gasteiger partial charge on any atom is 0.293 e. The van der Waals surface area contributed by atoms with Crippen molar-refractivity contribution in [1.82, 2.24) is 9.47 Å². The van der Waals surface area contributed by atoms with E-state index in [1.807, 2.05) is 68.4 Å². The van der Waals surface area contributed by atoms with Gasteiger partial charge >= 0.3 is 0 Å². The largest absolute Gasteiger partial charge is 0.497 e. The van der Waals surface area contributed by atoms with E-state index in [4.69, 9.17) is 32.7 Å². The number of methoxy groups -OCH3 is 1. The van der Waals surface area contributed by atoms with Gasteiger partial charge in [0.15, 0.2) is 0 Å². The molecule has 0 unspecified atom stereocenters. The normalized spacial score (nSPS) is 14.4. The lowest BCUT2D eigenvalue weighted by atomic mass is 10.2. The second kappa shape index (κ2) is 11.2. The van der Waals surface area contributed by atoms with Crippen molar-refractivity contribution in [2.24, 2.45) is 0 Å². The van der Waals surface area contributed by atoms with Crippen LogP contribution in [0.3, 0.4) is 0 Å². The first kappa shape index (κ1) is 26.9. The van der Waals surface area contributed by atoms with Gasteiger partial charge in [0.25, 0.3) is 11.1 Å². The van der Waals surface area contributed by atoms with Crippen LogP contribution in [0.2, 0.25) is 10.0 Å². The lowest BCUT2D eigenvalue weighted by Crippen LogP contribution is -2.27. The highest BCUT2D eigenvalue weighted by atomic mass is 35.5. The summed E-state index contributed by atoms with van der Waals surface area (Å²) in [5, 5.41) is 0.570.